The van der Waals surface area contributed by atoms with E-state index in [2.05, 4.69) is 0 Å². The Morgan fingerprint density at radius 3 is 2.14 bits per heavy atom. The average Bonchev–Trinajstić information content (AvgIpc) is 3.26. The van der Waals surface area contributed by atoms with E-state index in [1.54, 1.807) is 21.0 Å². The summed E-state index contributed by atoms with van der Waals surface area (Å²) in [5.41, 5.74) is 0.810. The second kappa shape index (κ2) is 13.1. The largest absolute Gasteiger partial charge is 0.496 e. The van der Waals surface area contributed by atoms with Crippen LogP contribution in [-0.4, -0.2) is 60.4 Å². The molecule has 1 saturated carbocycles. The molecule has 14 heteroatoms. The summed E-state index contributed by atoms with van der Waals surface area (Å²) in [7, 11) is 2.94. The van der Waals surface area contributed by atoms with Gasteiger partial charge < -0.3 is 19.1 Å². The number of methoxy groups -OCH3 is 2. The van der Waals surface area contributed by atoms with Crippen LogP contribution in [0.4, 0.5) is 32.3 Å². The van der Waals surface area contributed by atoms with Crippen LogP contribution in [0.5, 0.6) is 5.75 Å². The molecule has 6 rings (SSSR count). The van der Waals surface area contributed by atoms with E-state index in [1.165, 1.54) is 7.11 Å². The van der Waals surface area contributed by atoms with Gasteiger partial charge in [0.05, 0.1) is 48.8 Å². The monoisotopic (exact) mass is 692 g/mol. The molecule has 3 fully saturated rings. The molecule has 0 amide bonds. The Morgan fingerprint density at radius 2 is 1.59 bits per heavy atom. The molecule has 0 N–H and O–H groups in total. The first-order chi connectivity index (χ1) is 23.1. The highest BCUT2D eigenvalue weighted by Gasteiger charge is 2.43. The first-order valence-corrected chi connectivity index (χ1v) is 16.2. The minimum absolute atomic E-state index is 0.123. The number of aryl methyl sites for hydroxylation is 1. The predicted octanol–water partition coefficient (Wildman–Crippen LogP) is 7.68. The third-order valence-corrected chi connectivity index (χ3v) is 9.97. The number of ether oxygens (including phenoxy) is 3. The van der Waals surface area contributed by atoms with Gasteiger partial charge in [-0.2, -0.15) is 26.3 Å². The number of nitrogens with zero attached hydrogens (tertiary/aromatic N) is 4. The van der Waals surface area contributed by atoms with Crippen molar-refractivity contribution in [1.29, 1.82) is 0 Å². The van der Waals surface area contributed by atoms with Crippen molar-refractivity contribution in [3.63, 3.8) is 0 Å². The van der Waals surface area contributed by atoms with Crippen LogP contribution in [0, 0.1) is 12.8 Å². The number of hydrogen-bond acceptors (Lipinski definition) is 8. The number of esters is 1. The van der Waals surface area contributed by atoms with Gasteiger partial charge in [0, 0.05) is 36.8 Å². The Morgan fingerprint density at radius 1 is 0.939 bits per heavy atom. The summed E-state index contributed by atoms with van der Waals surface area (Å²) < 4.78 is 99.1. The van der Waals surface area contributed by atoms with E-state index in [4.69, 9.17) is 24.2 Å². The number of hydrogen-bond donors (Lipinski definition) is 0. The number of anilines is 1. The molecular weight excluding hydrogens is 654 g/mol. The molecule has 1 aromatic heterocycles. The standard InChI is InChI=1S/C35H38F6N4O4/c1-18-30(27-15-21(7-8-29(27)47-4)22-11-24(12-22)32(46)48-5)28(43-33(42-18)44-9-6-10-44)17-45-19(2)31(49-20(45)3)23-13-25(34(36,37)38)16-26(14-23)35(39,40)41/h7-8,13-16,19-20,22,24,31H,6,9-12,17H2,1-5H3/t19-,20?,22?,24?,31-/m0/s1. The summed E-state index contributed by atoms with van der Waals surface area (Å²) in [5.74, 6) is 0.875. The van der Waals surface area contributed by atoms with Crippen LogP contribution in [0.2, 0.25) is 0 Å². The third-order valence-electron chi connectivity index (χ3n) is 9.97. The average molecular weight is 693 g/mol. The summed E-state index contributed by atoms with van der Waals surface area (Å²) in [6, 6.07) is 6.83. The van der Waals surface area contributed by atoms with Crippen LogP contribution in [0.3, 0.4) is 0 Å². The van der Waals surface area contributed by atoms with Crippen LogP contribution in [-0.2, 0) is 33.2 Å². The Bertz CT molecular complexity index is 1690. The van der Waals surface area contributed by atoms with E-state index in [0.717, 1.165) is 42.8 Å². The number of carbonyl (C=O) groups excluding carboxylic acids is 1. The van der Waals surface area contributed by atoms with E-state index in [0.29, 0.717) is 41.5 Å². The summed E-state index contributed by atoms with van der Waals surface area (Å²) >= 11 is 0. The van der Waals surface area contributed by atoms with E-state index in [1.807, 2.05) is 34.9 Å². The molecule has 3 heterocycles. The van der Waals surface area contributed by atoms with Gasteiger partial charge in [-0.05, 0) is 87.4 Å². The highest BCUT2D eigenvalue weighted by atomic mass is 19.4. The minimum atomic E-state index is -4.98. The molecular formula is C35H38F6N4O4. The van der Waals surface area contributed by atoms with Gasteiger partial charge >= 0.3 is 18.3 Å². The van der Waals surface area contributed by atoms with Crippen LogP contribution in [0.1, 0.15) is 78.8 Å². The SMILES string of the molecule is COC(=O)C1CC(c2ccc(OC)c(-c3c(C)nc(N4CCC4)nc3CN3C(C)O[C@H](c4cc(C(F)(F)F)cc(C(F)(F)F)c4)[C@@H]3C)c2)C1. The van der Waals surface area contributed by atoms with Gasteiger partial charge in [0.15, 0.2) is 0 Å². The molecule has 2 aliphatic heterocycles. The molecule has 8 nitrogen and oxygen atoms in total. The molecule has 3 atom stereocenters. The molecule has 264 valence electrons. The molecule has 1 unspecified atom stereocenters. The molecule has 1 aliphatic carbocycles. The summed E-state index contributed by atoms with van der Waals surface area (Å²) in [6.07, 6.45) is -9.38. The zero-order chi connectivity index (χ0) is 35.4. The maximum Gasteiger partial charge on any atom is 0.416 e. The zero-order valence-corrected chi connectivity index (χ0v) is 27.8. The number of aromatic nitrogens is 2. The first-order valence-electron chi connectivity index (χ1n) is 16.2. The highest BCUT2D eigenvalue weighted by Crippen LogP contribution is 2.46. The van der Waals surface area contributed by atoms with Crippen molar-refractivity contribution in [1.82, 2.24) is 14.9 Å². The fourth-order valence-corrected chi connectivity index (χ4v) is 7.02. The van der Waals surface area contributed by atoms with Gasteiger partial charge in [-0.25, -0.2) is 9.97 Å². The lowest BCUT2D eigenvalue weighted by Crippen LogP contribution is -2.39. The maximum absolute atomic E-state index is 13.7. The maximum atomic E-state index is 13.7. The Hall–Kier alpha value is -3.91. The summed E-state index contributed by atoms with van der Waals surface area (Å²) in [5, 5.41) is 0. The lowest BCUT2D eigenvalue weighted by atomic mass is 9.71. The van der Waals surface area contributed by atoms with Crippen molar-refractivity contribution < 1.29 is 45.3 Å². The van der Waals surface area contributed by atoms with Gasteiger partial charge in [-0.3, -0.25) is 9.69 Å². The fourth-order valence-electron chi connectivity index (χ4n) is 7.02. The number of halogens is 6. The van der Waals surface area contributed by atoms with Gasteiger partial charge in [0.25, 0.3) is 0 Å². The van der Waals surface area contributed by atoms with E-state index in [9.17, 15) is 31.1 Å². The van der Waals surface area contributed by atoms with Crippen molar-refractivity contribution in [2.24, 2.45) is 5.92 Å². The number of carbonyl (C=O) groups is 1. The van der Waals surface area contributed by atoms with Crippen LogP contribution >= 0.6 is 0 Å². The normalized spacial score (nSPS) is 24.4. The Labute approximate surface area is 280 Å². The Balaban J connectivity index is 1.37. The third kappa shape index (κ3) is 6.81. The molecule has 49 heavy (non-hydrogen) atoms. The van der Waals surface area contributed by atoms with Crippen LogP contribution < -0.4 is 9.64 Å². The van der Waals surface area contributed by atoms with E-state index < -0.39 is 41.9 Å². The number of rotatable bonds is 8. The fraction of sp³-hybridized carbons (Fsp3) is 0.514. The van der Waals surface area contributed by atoms with Gasteiger partial charge in [0.1, 0.15) is 12.0 Å². The van der Waals surface area contributed by atoms with Gasteiger partial charge in [-0.1, -0.05) is 6.07 Å². The molecule has 3 aliphatic rings. The van der Waals surface area contributed by atoms with Gasteiger partial charge in [0.2, 0.25) is 5.95 Å². The van der Waals surface area contributed by atoms with E-state index in [-0.39, 0.29) is 36.0 Å². The second-order valence-corrected chi connectivity index (χ2v) is 13.0. The number of benzene rings is 2. The summed E-state index contributed by atoms with van der Waals surface area (Å²) in [6.45, 7) is 7.07. The highest BCUT2D eigenvalue weighted by molar-refractivity contribution is 5.77. The number of alkyl halides is 6. The second-order valence-electron chi connectivity index (χ2n) is 13.0. The van der Waals surface area contributed by atoms with Crippen LogP contribution in [0.15, 0.2) is 36.4 Å². The minimum Gasteiger partial charge on any atom is -0.496 e. The van der Waals surface area contributed by atoms with Crippen LogP contribution in [0.25, 0.3) is 11.1 Å². The van der Waals surface area contributed by atoms with Gasteiger partial charge in [-0.15, -0.1) is 0 Å². The lowest BCUT2D eigenvalue weighted by Gasteiger charge is -2.34. The molecule has 0 bridgehead atoms. The van der Waals surface area contributed by atoms with Crippen molar-refractivity contribution >= 4 is 11.9 Å². The molecule has 3 aromatic rings. The van der Waals surface area contributed by atoms with Crippen molar-refractivity contribution in [3.05, 3.63) is 70.0 Å². The topological polar surface area (TPSA) is 77.0 Å². The molecule has 0 spiro atoms. The van der Waals surface area contributed by atoms with Crippen molar-refractivity contribution in [3.8, 4) is 16.9 Å². The first kappa shape index (κ1) is 34.9. The molecule has 2 saturated heterocycles. The summed E-state index contributed by atoms with van der Waals surface area (Å²) in [4.78, 5) is 25.8. The predicted molar refractivity (Wildman–Crippen MR) is 168 cm³/mol. The quantitative estimate of drug-likeness (QED) is 0.176. The van der Waals surface area contributed by atoms with Crippen molar-refractivity contribution in [2.45, 2.75) is 83.2 Å². The molecule has 2 aromatic carbocycles. The van der Waals surface area contributed by atoms with E-state index >= 15 is 0 Å². The molecule has 0 radical (unpaired) electrons. The van der Waals surface area contributed by atoms with Crippen molar-refractivity contribution in [2.75, 3.05) is 32.2 Å². The lowest BCUT2D eigenvalue weighted by molar-refractivity contribution is -0.149. The smallest absolute Gasteiger partial charge is 0.416 e. The zero-order valence-electron chi connectivity index (χ0n) is 27.8. The Kier molecular flexibility index (Phi) is 9.33.